The van der Waals surface area contributed by atoms with Crippen molar-refractivity contribution in [3.05, 3.63) is 65.3 Å². The second kappa shape index (κ2) is 9.65. The average molecular weight is 488 g/mol. The molecule has 2 atom stereocenters. The van der Waals surface area contributed by atoms with E-state index in [1.807, 2.05) is 0 Å². The fourth-order valence-electron chi connectivity index (χ4n) is 5.98. The first-order valence-corrected chi connectivity index (χ1v) is 13.7. The van der Waals surface area contributed by atoms with Crippen LogP contribution in [0.3, 0.4) is 0 Å². The Labute approximate surface area is 219 Å². The van der Waals surface area contributed by atoms with Crippen molar-refractivity contribution in [1.82, 2.24) is 0 Å². The van der Waals surface area contributed by atoms with Crippen LogP contribution in [0.5, 0.6) is 11.5 Å². The van der Waals surface area contributed by atoms with Crippen molar-refractivity contribution in [3.8, 4) is 22.6 Å². The Morgan fingerprint density at radius 3 is 2.08 bits per heavy atom. The molecule has 0 spiro atoms. The maximum Gasteiger partial charge on any atom is 0.127 e. The summed E-state index contributed by atoms with van der Waals surface area (Å²) in [6, 6.07) is 11.4. The van der Waals surface area contributed by atoms with Crippen molar-refractivity contribution in [3.63, 3.8) is 0 Å². The van der Waals surface area contributed by atoms with E-state index in [-0.39, 0.29) is 22.3 Å². The first kappa shape index (κ1) is 26.4. The van der Waals surface area contributed by atoms with Gasteiger partial charge >= 0.3 is 0 Å². The lowest BCUT2D eigenvalue weighted by Gasteiger charge is -2.36. The Morgan fingerprint density at radius 1 is 0.861 bits per heavy atom. The number of fused-ring (bicyclic) bond motifs is 3. The van der Waals surface area contributed by atoms with Crippen LogP contribution in [0.1, 0.15) is 85.3 Å². The van der Waals surface area contributed by atoms with Crippen LogP contribution in [-0.2, 0) is 10.8 Å². The molecule has 194 valence electrons. The lowest BCUT2D eigenvalue weighted by Crippen LogP contribution is -2.36. The van der Waals surface area contributed by atoms with E-state index in [0.717, 1.165) is 48.3 Å². The first-order chi connectivity index (χ1) is 17.1. The number of hydrogen-bond donors (Lipinski definition) is 1. The summed E-state index contributed by atoms with van der Waals surface area (Å²) >= 11 is 0. The maximum absolute atomic E-state index is 5.94. The van der Waals surface area contributed by atoms with Crippen LogP contribution in [-0.4, -0.2) is 20.3 Å². The van der Waals surface area contributed by atoms with Gasteiger partial charge in [0.2, 0.25) is 0 Å². The number of nitrogens with one attached hydrogen (secondary N) is 1. The molecule has 2 aromatic rings. The maximum atomic E-state index is 5.94. The Kier molecular flexibility index (Phi) is 7.07. The highest BCUT2D eigenvalue weighted by Gasteiger charge is 2.43. The Balaban J connectivity index is 1.77. The molecule has 0 saturated carbocycles. The largest absolute Gasteiger partial charge is 0.496 e. The lowest BCUT2D eigenvalue weighted by atomic mass is 9.69. The summed E-state index contributed by atoms with van der Waals surface area (Å²) in [5.41, 5.74) is 7.64. The van der Waals surface area contributed by atoms with Gasteiger partial charge in [-0.1, -0.05) is 71.9 Å². The predicted molar refractivity (Wildman–Crippen MR) is 154 cm³/mol. The number of ether oxygens (including phenoxy) is 2. The number of allylic oxidation sites excluding steroid dienone is 2. The minimum absolute atomic E-state index is 0.0444. The fraction of sp³-hybridized carbons (Fsp3) is 0.515. The zero-order valence-electron chi connectivity index (χ0n) is 23.8. The average Bonchev–Trinajstić information content (AvgIpc) is 3.21. The smallest absolute Gasteiger partial charge is 0.127 e. The quantitative estimate of drug-likeness (QED) is 0.383. The van der Waals surface area contributed by atoms with Gasteiger partial charge in [0, 0.05) is 22.2 Å². The van der Waals surface area contributed by atoms with E-state index in [9.17, 15) is 0 Å². The molecule has 0 aromatic heterocycles. The van der Waals surface area contributed by atoms with Gasteiger partial charge in [-0.2, -0.15) is 0 Å². The third kappa shape index (κ3) is 4.05. The topological polar surface area (TPSA) is 30.5 Å². The third-order valence-corrected chi connectivity index (χ3v) is 9.81. The molecule has 1 aliphatic heterocycles. The fourth-order valence-corrected chi connectivity index (χ4v) is 5.98. The summed E-state index contributed by atoms with van der Waals surface area (Å²) in [4.78, 5) is 0. The number of methoxy groups -OCH3 is 2. The summed E-state index contributed by atoms with van der Waals surface area (Å²) in [5.74, 6) is 1.82. The monoisotopic (exact) mass is 487 g/mol. The van der Waals surface area contributed by atoms with Crippen LogP contribution in [0.15, 0.2) is 54.1 Å². The van der Waals surface area contributed by atoms with Crippen LogP contribution < -0.4 is 14.8 Å². The van der Waals surface area contributed by atoms with Gasteiger partial charge in [0.25, 0.3) is 0 Å². The molecule has 0 bridgehead atoms. The molecule has 2 unspecified atom stereocenters. The highest BCUT2D eigenvalue weighted by Crippen LogP contribution is 2.50. The van der Waals surface area contributed by atoms with Gasteiger partial charge in [0.1, 0.15) is 11.5 Å². The van der Waals surface area contributed by atoms with E-state index < -0.39 is 0 Å². The van der Waals surface area contributed by atoms with Gasteiger partial charge in [-0.25, -0.2) is 0 Å². The molecule has 1 heterocycles. The third-order valence-electron chi connectivity index (χ3n) is 9.81. The molecule has 0 amide bonds. The summed E-state index contributed by atoms with van der Waals surface area (Å²) < 4.78 is 11.9. The molecule has 1 N–H and O–H groups in total. The van der Waals surface area contributed by atoms with Crippen molar-refractivity contribution in [2.75, 3.05) is 19.5 Å². The van der Waals surface area contributed by atoms with E-state index in [0.29, 0.717) is 0 Å². The van der Waals surface area contributed by atoms with Crippen molar-refractivity contribution in [2.45, 2.75) is 91.0 Å². The van der Waals surface area contributed by atoms with Crippen LogP contribution in [0, 0.1) is 5.41 Å². The molecular formula is C33H45NO2. The molecule has 2 aliphatic rings. The molecule has 4 rings (SSSR count). The van der Waals surface area contributed by atoms with Crippen LogP contribution in [0.25, 0.3) is 11.1 Å². The molecule has 36 heavy (non-hydrogen) atoms. The van der Waals surface area contributed by atoms with Gasteiger partial charge in [-0.05, 0) is 78.3 Å². The summed E-state index contributed by atoms with van der Waals surface area (Å²) in [5, 5.41) is 3.86. The molecule has 1 aliphatic carbocycles. The van der Waals surface area contributed by atoms with Crippen molar-refractivity contribution in [2.24, 2.45) is 5.41 Å². The zero-order chi connectivity index (χ0) is 26.3. The Bertz CT molecular complexity index is 1180. The molecule has 0 fully saturated rings. The second-order valence-corrected chi connectivity index (χ2v) is 11.4. The molecule has 0 saturated heterocycles. The van der Waals surface area contributed by atoms with E-state index in [2.05, 4.69) is 102 Å². The van der Waals surface area contributed by atoms with E-state index in [1.54, 1.807) is 14.2 Å². The lowest BCUT2D eigenvalue weighted by molar-refractivity contribution is 0.367. The molecule has 3 heteroatoms. The predicted octanol–water partition coefficient (Wildman–Crippen LogP) is 8.82. The van der Waals surface area contributed by atoms with Gasteiger partial charge < -0.3 is 14.8 Å². The number of rotatable bonds is 9. The molecule has 0 radical (unpaired) electrons. The normalized spacial score (nSPS) is 20.9. The van der Waals surface area contributed by atoms with Gasteiger partial charge in [0.05, 0.1) is 20.3 Å². The van der Waals surface area contributed by atoms with Crippen LogP contribution >= 0.6 is 0 Å². The summed E-state index contributed by atoms with van der Waals surface area (Å²) in [6.07, 6.45) is 11.6. The highest BCUT2D eigenvalue weighted by molar-refractivity contribution is 5.80. The Hall–Kier alpha value is -2.68. The van der Waals surface area contributed by atoms with Crippen LogP contribution in [0.4, 0.5) is 5.69 Å². The zero-order valence-corrected chi connectivity index (χ0v) is 23.8. The minimum atomic E-state index is -0.0462. The first-order valence-electron chi connectivity index (χ1n) is 13.7. The van der Waals surface area contributed by atoms with E-state index >= 15 is 0 Å². The van der Waals surface area contributed by atoms with Gasteiger partial charge in [-0.3, -0.25) is 0 Å². The number of anilines is 1. The summed E-state index contributed by atoms with van der Waals surface area (Å²) in [6.45, 7) is 16.1. The summed E-state index contributed by atoms with van der Waals surface area (Å²) in [7, 11) is 3.54. The van der Waals surface area contributed by atoms with Crippen LogP contribution in [0.2, 0.25) is 0 Å². The molecular weight excluding hydrogens is 442 g/mol. The standard InChI is InChI=1S/C33H45NO2/c1-10-31(5,11-2)23-16-17-33(7)25-15-14-22(18-27(25)34-30(33)19-23)24-20-29(36-9)26(21-28(24)35-8)32(6,12-3)13-4/h14-21,30,34H,10-13H2,1-9H3. The Morgan fingerprint density at radius 2 is 1.50 bits per heavy atom. The van der Waals surface area contributed by atoms with Gasteiger partial charge in [0.15, 0.2) is 0 Å². The SMILES string of the molecule is CCC(C)(CC)C1=CC2Nc3cc(-c4cc(OC)c(C(C)(CC)CC)cc4OC)ccc3C2(C)C=C1. The van der Waals surface area contributed by atoms with Gasteiger partial charge in [-0.15, -0.1) is 0 Å². The second-order valence-electron chi connectivity index (χ2n) is 11.4. The number of hydrogen-bond acceptors (Lipinski definition) is 3. The van der Waals surface area contributed by atoms with Crippen molar-refractivity contribution in [1.29, 1.82) is 0 Å². The highest BCUT2D eigenvalue weighted by atomic mass is 16.5. The molecule has 3 nitrogen and oxygen atoms in total. The minimum Gasteiger partial charge on any atom is -0.496 e. The molecule has 2 aromatic carbocycles. The van der Waals surface area contributed by atoms with Crippen molar-refractivity contribution >= 4 is 5.69 Å². The van der Waals surface area contributed by atoms with Crippen molar-refractivity contribution < 1.29 is 9.47 Å². The van der Waals surface area contributed by atoms with E-state index in [1.165, 1.54) is 22.4 Å². The van der Waals surface area contributed by atoms with E-state index in [4.69, 9.17) is 9.47 Å². The number of benzene rings is 2.